The number of nitrogens with two attached hydrogens (primary N) is 1. The monoisotopic (exact) mass is 706 g/mol. The number of nitrogens with zero attached hydrogens (tertiary/aromatic N) is 2. The number of nitrogens with one attached hydrogen (secondary N) is 1. The van der Waals surface area contributed by atoms with Gasteiger partial charge in [0.1, 0.15) is 25.0 Å². The van der Waals surface area contributed by atoms with Crippen LogP contribution in [0.5, 0.6) is 5.75 Å². The number of aliphatic carboxylic acids is 1. The highest BCUT2D eigenvalue weighted by atomic mass is 33.1. The summed E-state index contributed by atoms with van der Waals surface area (Å²) in [6.45, 7) is 1.69. The molecule has 6 rings (SSSR count). The fraction of sp³-hybridized carbons (Fsp3) is 0.273. The summed E-state index contributed by atoms with van der Waals surface area (Å²) in [7, 11) is 2.60. The molecular weight excluding hydrogens is 677 g/mol. The van der Waals surface area contributed by atoms with E-state index in [2.05, 4.69) is 5.32 Å². The van der Waals surface area contributed by atoms with E-state index < -0.39 is 36.1 Å². The lowest BCUT2D eigenvalue weighted by molar-refractivity contribution is -0.157. The zero-order valence-electron chi connectivity index (χ0n) is 26.0. The quantitative estimate of drug-likeness (QED) is 0.0884. The van der Waals surface area contributed by atoms with Gasteiger partial charge in [-0.05, 0) is 53.9 Å². The van der Waals surface area contributed by atoms with Gasteiger partial charge in [0.15, 0.2) is 6.10 Å². The van der Waals surface area contributed by atoms with E-state index in [0.717, 1.165) is 21.4 Å². The Morgan fingerprint density at radius 3 is 2.63 bits per heavy atom. The van der Waals surface area contributed by atoms with Crippen LogP contribution in [0.1, 0.15) is 40.8 Å². The number of rotatable bonds is 11. The fourth-order valence-corrected chi connectivity index (χ4v) is 7.83. The van der Waals surface area contributed by atoms with E-state index in [1.54, 1.807) is 53.1 Å². The van der Waals surface area contributed by atoms with Crippen LogP contribution in [0.3, 0.4) is 0 Å². The molecular formula is C33H30N4O10S2. The number of benzene rings is 2. The number of carbonyl (C=O) groups excluding carboxylic acids is 3. The van der Waals surface area contributed by atoms with Crippen LogP contribution in [0.4, 0.5) is 4.79 Å². The van der Waals surface area contributed by atoms with Crippen molar-refractivity contribution in [2.45, 2.75) is 50.1 Å². The van der Waals surface area contributed by atoms with Crippen molar-refractivity contribution in [1.29, 1.82) is 0 Å². The largest absolute Gasteiger partial charge is 0.514 e. The number of carboxylic acid groups (broad SMARTS) is 1. The van der Waals surface area contributed by atoms with Crippen LogP contribution in [0.25, 0.3) is 22.3 Å². The number of aliphatic hydroxyl groups is 1. The smallest absolute Gasteiger partial charge is 0.480 e. The van der Waals surface area contributed by atoms with E-state index in [4.69, 9.17) is 24.9 Å². The number of fused-ring (bicyclic) bond motifs is 5. The van der Waals surface area contributed by atoms with Crippen LogP contribution in [0.2, 0.25) is 0 Å². The highest BCUT2D eigenvalue weighted by Gasteiger charge is 2.34. The average Bonchev–Trinajstić information content (AvgIpc) is 3.46. The van der Waals surface area contributed by atoms with E-state index in [1.807, 2.05) is 6.92 Å². The van der Waals surface area contributed by atoms with Gasteiger partial charge >= 0.3 is 18.1 Å². The van der Waals surface area contributed by atoms with Gasteiger partial charge in [-0.1, -0.05) is 40.6 Å². The van der Waals surface area contributed by atoms with Crippen molar-refractivity contribution in [3.05, 3.63) is 86.7 Å². The summed E-state index contributed by atoms with van der Waals surface area (Å²) < 4.78 is 17.3. The number of pyridine rings is 2. The molecule has 0 spiro atoms. The van der Waals surface area contributed by atoms with Crippen LogP contribution >= 0.6 is 21.6 Å². The molecule has 2 aliphatic heterocycles. The Hall–Kier alpha value is -4.90. The molecule has 4 aromatic rings. The van der Waals surface area contributed by atoms with Crippen molar-refractivity contribution >= 4 is 56.5 Å². The number of hydrogen-bond acceptors (Lipinski definition) is 13. The predicted octanol–water partition coefficient (Wildman–Crippen LogP) is 3.06. The van der Waals surface area contributed by atoms with Crippen molar-refractivity contribution < 1.29 is 43.6 Å². The number of esters is 1. The van der Waals surface area contributed by atoms with Crippen molar-refractivity contribution in [3.8, 4) is 17.1 Å². The molecule has 0 bridgehead atoms. The third kappa shape index (κ3) is 6.98. The molecule has 0 saturated carbocycles. The summed E-state index contributed by atoms with van der Waals surface area (Å²) in [6, 6.07) is 12.7. The second-order valence-electron chi connectivity index (χ2n) is 11.1. The van der Waals surface area contributed by atoms with Crippen LogP contribution in [-0.4, -0.2) is 62.1 Å². The molecule has 0 aliphatic carbocycles. The summed E-state index contributed by atoms with van der Waals surface area (Å²) >= 11 is 0. The molecule has 0 radical (unpaired) electrons. The second-order valence-corrected chi connectivity index (χ2v) is 13.5. The Balaban J connectivity index is 1.10. The van der Waals surface area contributed by atoms with Crippen molar-refractivity contribution in [2.24, 2.45) is 5.73 Å². The minimum atomic E-state index is -1.54. The Morgan fingerprint density at radius 2 is 1.92 bits per heavy atom. The lowest BCUT2D eigenvalue weighted by Crippen LogP contribution is -2.44. The van der Waals surface area contributed by atoms with Gasteiger partial charge in [-0.2, -0.15) is 0 Å². The maximum absolute atomic E-state index is 13.3. The number of carboxylic acids is 1. The number of aliphatic hydroxyl groups excluding tert-OH is 1. The van der Waals surface area contributed by atoms with E-state index in [0.29, 0.717) is 28.9 Å². The highest BCUT2D eigenvalue weighted by Crippen LogP contribution is 2.39. The SMILES string of the molecule is CCc1c2c(nc3ccc(OC(=O)OCc4ccc(SSC[C@H](NC(=O)CN)C(=O)O)cc4)cc13)-c1cc3c(c(=O)n1C2)COC(=O)[C@H]3O. The number of carbonyl (C=O) groups is 4. The average molecular weight is 707 g/mol. The molecule has 0 fully saturated rings. The third-order valence-corrected chi connectivity index (χ3v) is 10.5. The van der Waals surface area contributed by atoms with Crippen LogP contribution in [-0.2, 0) is 50.0 Å². The highest BCUT2D eigenvalue weighted by molar-refractivity contribution is 8.76. The van der Waals surface area contributed by atoms with Gasteiger partial charge in [0.25, 0.3) is 5.56 Å². The van der Waals surface area contributed by atoms with Crippen molar-refractivity contribution in [3.63, 3.8) is 0 Å². The Morgan fingerprint density at radius 1 is 1.14 bits per heavy atom. The topological polar surface area (TPSA) is 209 Å². The summed E-state index contributed by atoms with van der Waals surface area (Å²) in [6.07, 6.45) is -1.84. The lowest BCUT2D eigenvalue weighted by Gasteiger charge is -2.21. The molecule has 5 N–H and O–H groups in total. The molecule has 49 heavy (non-hydrogen) atoms. The Labute approximate surface area is 286 Å². The molecule has 254 valence electrons. The molecule has 1 amide bonds. The standard InChI is InChI=1S/C33H30N4O10S2/c1-2-19-20-9-17(47-33(44)46-13-16-3-6-18(7-4-16)49-48-15-25(31(41)42)35-27(38)11-34)5-8-24(20)36-28-22(19)12-37-26(28)10-21-23(30(37)40)14-45-32(43)29(21)39/h3-10,25,29,39H,2,11-15,34H2,1H3,(H,35,38)(H,41,42)/t25-,29-/m0/s1. The van der Waals surface area contributed by atoms with E-state index in [9.17, 15) is 34.2 Å². The Kier molecular flexibility index (Phi) is 9.91. The maximum atomic E-state index is 13.3. The van der Waals surface area contributed by atoms with Crippen LogP contribution in [0.15, 0.2) is 58.2 Å². The zero-order chi connectivity index (χ0) is 34.8. The number of aromatic nitrogens is 2. The molecule has 2 aromatic carbocycles. The van der Waals surface area contributed by atoms with Gasteiger partial charge in [0.2, 0.25) is 5.91 Å². The number of aryl methyl sites for hydroxylation is 1. The lowest BCUT2D eigenvalue weighted by atomic mass is 9.97. The molecule has 14 nitrogen and oxygen atoms in total. The first-order valence-corrected chi connectivity index (χ1v) is 17.4. The van der Waals surface area contributed by atoms with Gasteiger partial charge in [0, 0.05) is 27.2 Å². The molecule has 16 heteroatoms. The first-order valence-electron chi connectivity index (χ1n) is 15.1. The van der Waals surface area contributed by atoms with E-state index >= 15 is 0 Å². The first kappa shape index (κ1) is 34.0. The normalized spacial score (nSPS) is 15.1. The summed E-state index contributed by atoms with van der Waals surface area (Å²) in [4.78, 5) is 66.3. The third-order valence-electron chi connectivity index (χ3n) is 8.09. The van der Waals surface area contributed by atoms with Gasteiger partial charge < -0.3 is 40.0 Å². The molecule has 4 heterocycles. The minimum Gasteiger partial charge on any atom is -0.480 e. The number of cyclic esters (lactones) is 1. The van der Waals surface area contributed by atoms with Gasteiger partial charge in [-0.25, -0.2) is 19.4 Å². The summed E-state index contributed by atoms with van der Waals surface area (Å²) in [5.74, 6) is -2.11. The number of hydrogen-bond donors (Lipinski definition) is 4. The fourth-order valence-electron chi connectivity index (χ4n) is 5.66. The van der Waals surface area contributed by atoms with E-state index in [1.165, 1.54) is 21.6 Å². The minimum absolute atomic E-state index is 0.0473. The van der Waals surface area contributed by atoms with Crippen LogP contribution < -0.4 is 21.3 Å². The number of amides is 1. The molecule has 2 aromatic heterocycles. The van der Waals surface area contributed by atoms with Gasteiger partial charge in [-0.3, -0.25) is 9.59 Å². The van der Waals surface area contributed by atoms with Crippen LogP contribution in [0, 0.1) is 0 Å². The molecule has 2 aliphatic rings. The van der Waals surface area contributed by atoms with E-state index in [-0.39, 0.29) is 54.5 Å². The summed E-state index contributed by atoms with van der Waals surface area (Å²) in [5, 5.41) is 22.8. The second kappa shape index (κ2) is 14.3. The zero-order valence-corrected chi connectivity index (χ0v) is 27.6. The van der Waals surface area contributed by atoms with Gasteiger partial charge in [0.05, 0.1) is 35.6 Å². The summed E-state index contributed by atoms with van der Waals surface area (Å²) in [5.41, 5.74) is 9.54. The maximum Gasteiger partial charge on any atom is 0.514 e. The van der Waals surface area contributed by atoms with Gasteiger partial charge in [-0.15, -0.1) is 0 Å². The van der Waals surface area contributed by atoms with Crippen molar-refractivity contribution in [2.75, 3.05) is 12.3 Å². The molecule has 0 saturated heterocycles. The molecule has 2 atom stereocenters. The number of ether oxygens (including phenoxy) is 3. The predicted molar refractivity (Wildman–Crippen MR) is 179 cm³/mol. The first-order chi connectivity index (χ1) is 23.6. The molecule has 0 unspecified atom stereocenters. The Bertz CT molecular complexity index is 2050. The van der Waals surface area contributed by atoms with Crippen molar-refractivity contribution in [1.82, 2.24) is 14.9 Å².